The third-order valence-electron chi connectivity index (χ3n) is 5.41. The highest BCUT2D eigenvalue weighted by Crippen LogP contribution is 2.44. The zero-order chi connectivity index (χ0) is 28.8. The largest absolute Gasteiger partial charge is 0.483 e. The molecule has 4 heterocycles. The number of aromatic nitrogens is 1. The van der Waals surface area contributed by atoms with E-state index in [9.17, 15) is 22.8 Å². The molecule has 40 heavy (non-hydrogen) atoms. The Hall–Kier alpha value is -3.71. The Bertz CT molecular complexity index is 1740. The van der Waals surface area contributed by atoms with E-state index in [-0.39, 0.29) is 66.0 Å². The summed E-state index contributed by atoms with van der Waals surface area (Å²) in [7, 11) is 0. The number of furan rings is 2. The summed E-state index contributed by atoms with van der Waals surface area (Å²) in [5.41, 5.74) is 4.10. The minimum atomic E-state index is -4.79. The molecule has 0 atom stereocenters. The SMILES string of the molecule is NC(=O)c1sc2nc(C(F)(F)F)cc(-c3ccco3)c2c1NC(=O)c1ccc(COc2c(Cl)cc(Cl)cc2Cl)o1. The molecule has 0 bridgehead atoms. The Balaban J connectivity index is 1.48. The highest BCUT2D eigenvalue weighted by molar-refractivity contribution is 7.21. The molecule has 5 rings (SSSR count). The van der Waals surface area contributed by atoms with Crippen molar-refractivity contribution in [3.8, 4) is 17.1 Å². The van der Waals surface area contributed by atoms with Crippen LogP contribution in [0.1, 0.15) is 31.7 Å². The molecule has 0 saturated heterocycles. The molecule has 0 unspecified atom stereocenters. The number of hydrogen-bond donors (Lipinski definition) is 2. The quantitative estimate of drug-likeness (QED) is 0.188. The molecule has 4 aromatic heterocycles. The summed E-state index contributed by atoms with van der Waals surface area (Å²) in [6.45, 7) is -0.158. The van der Waals surface area contributed by atoms with Gasteiger partial charge in [0.1, 0.15) is 33.5 Å². The molecule has 0 aliphatic carbocycles. The van der Waals surface area contributed by atoms with Crippen molar-refractivity contribution in [1.29, 1.82) is 0 Å². The van der Waals surface area contributed by atoms with E-state index in [1.54, 1.807) is 0 Å². The fourth-order valence-electron chi connectivity index (χ4n) is 3.73. The summed E-state index contributed by atoms with van der Waals surface area (Å²) in [4.78, 5) is 28.6. The molecule has 0 saturated carbocycles. The van der Waals surface area contributed by atoms with Crippen LogP contribution in [0.3, 0.4) is 0 Å². The molecule has 0 aliphatic rings. The van der Waals surface area contributed by atoms with E-state index in [1.807, 2.05) is 0 Å². The maximum atomic E-state index is 13.6. The van der Waals surface area contributed by atoms with E-state index in [1.165, 1.54) is 42.7 Å². The molecular weight excluding hydrogens is 618 g/mol. The van der Waals surface area contributed by atoms with Crippen molar-refractivity contribution in [3.05, 3.63) is 85.9 Å². The number of carbonyl (C=O) groups is 2. The Kier molecular flexibility index (Phi) is 7.44. The van der Waals surface area contributed by atoms with E-state index in [0.717, 1.165) is 6.07 Å². The molecule has 0 fully saturated rings. The van der Waals surface area contributed by atoms with E-state index in [2.05, 4.69) is 10.3 Å². The van der Waals surface area contributed by atoms with Crippen LogP contribution in [0.15, 0.2) is 57.6 Å². The van der Waals surface area contributed by atoms with Gasteiger partial charge in [0, 0.05) is 16.0 Å². The number of thiophene rings is 1. The van der Waals surface area contributed by atoms with Gasteiger partial charge in [0.15, 0.2) is 11.5 Å². The second-order valence-electron chi connectivity index (χ2n) is 8.09. The van der Waals surface area contributed by atoms with Gasteiger partial charge in [0.05, 0.1) is 22.0 Å². The maximum Gasteiger partial charge on any atom is 0.433 e. The molecule has 8 nitrogen and oxygen atoms in total. The summed E-state index contributed by atoms with van der Waals surface area (Å²) < 4.78 is 57.2. The summed E-state index contributed by atoms with van der Waals surface area (Å²) in [6.07, 6.45) is -3.52. The average molecular weight is 631 g/mol. The zero-order valence-corrected chi connectivity index (χ0v) is 22.7. The van der Waals surface area contributed by atoms with Crippen molar-refractivity contribution in [2.45, 2.75) is 12.8 Å². The smallest absolute Gasteiger partial charge is 0.433 e. The standard InChI is InChI=1S/C25H13Cl3F3N3O5S/c26-10-6-13(27)20(14(28)7-10)38-9-11-3-4-16(39-11)23(36)34-19-18-12(15-2-1-5-37-15)8-17(25(29,30)31)33-24(18)40-21(19)22(32)35/h1-8H,9H2,(H2,32,35)(H,34,36). The number of benzene rings is 1. The first-order chi connectivity index (χ1) is 18.9. The molecule has 0 aliphatic heterocycles. The molecule has 0 radical (unpaired) electrons. The van der Waals surface area contributed by atoms with Gasteiger partial charge in [-0.25, -0.2) is 4.98 Å². The van der Waals surface area contributed by atoms with Crippen LogP contribution >= 0.6 is 46.1 Å². The number of primary amides is 1. The lowest BCUT2D eigenvalue weighted by molar-refractivity contribution is -0.140. The molecule has 0 spiro atoms. The molecule has 3 N–H and O–H groups in total. The summed E-state index contributed by atoms with van der Waals surface area (Å²) >= 11 is 18.7. The monoisotopic (exact) mass is 629 g/mol. The lowest BCUT2D eigenvalue weighted by atomic mass is 10.1. The Morgan fingerprint density at radius 3 is 2.45 bits per heavy atom. The number of amides is 2. The third-order valence-corrected chi connectivity index (χ3v) is 7.29. The number of ether oxygens (including phenoxy) is 1. The van der Waals surface area contributed by atoms with Crippen molar-refractivity contribution in [1.82, 2.24) is 4.98 Å². The van der Waals surface area contributed by atoms with Crippen LogP contribution in [-0.2, 0) is 12.8 Å². The Morgan fingerprint density at radius 2 is 1.82 bits per heavy atom. The van der Waals surface area contributed by atoms with Gasteiger partial charge in [0.2, 0.25) is 0 Å². The molecule has 5 aromatic rings. The summed E-state index contributed by atoms with van der Waals surface area (Å²) in [5.74, 6) is -1.57. The van der Waals surface area contributed by atoms with Crippen molar-refractivity contribution in [3.63, 3.8) is 0 Å². The zero-order valence-electron chi connectivity index (χ0n) is 19.6. The van der Waals surface area contributed by atoms with Crippen LogP contribution in [0.4, 0.5) is 18.9 Å². The number of fused-ring (bicyclic) bond motifs is 1. The number of anilines is 1. The number of nitrogens with two attached hydrogens (primary N) is 1. The minimum absolute atomic E-state index is 0.0391. The van der Waals surface area contributed by atoms with Gasteiger partial charge in [-0.05, 0) is 42.5 Å². The lowest BCUT2D eigenvalue weighted by Crippen LogP contribution is -2.16. The third kappa shape index (κ3) is 5.48. The summed E-state index contributed by atoms with van der Waals surface area (Å²) in [6, 6.07) is 9.35. The predicted molar refractivity (Wildman–Crippen MR) is 143 cm³/mol. The number of alkyl halides is 3. The number of nitrogens with zero attached hydrogens (tertiary/aromatic N) is 1. The number of halogens is 6. The molecule has 15 heteroatoms. The fourth-order valence-corrected chi connectivity index (χ4v) is 5.66. The van der Waals surface area contributed by atoms with Gasteiger partial charge < -0.3 is 24.6 Å². The second kappa shape index (κ2) is 10.7. The van der Waals surface area contributed by atoms with E-state index in [4.69, 9.17) is 54.1 Å². The van der Waals surface area contributed by atoms with Crippen LogP contribution in [0.2, 0.25) is 15.1 Å². The van der Waals surface area contributed by atoms with Crippen LogP contribution in [0.25, 0.3) is 21.5 Å². The summed E-state index contributed by atoms with van der Waals surface area (Å²) in [5, 5.41) is 3.21. The van der Waals surface area contributed by atoms with Crippen molar-refractivity contribution in [2.75, 3.05) is 5.32 Å². The maximum absolute atomic E-state index is 13.6. The first-order valence-corrected chi connectivity index (χ1v) is 12.9. The van der Waals surface area contributed by atoms with Gasteiger partial charge in [-0.3, -0.25) is 9.59 Å². The Labute approximate surface area is 241 Å². The lowest BCUT2D eigenvalue weighted by Gasteiger charge is -2.10. The molecular formula is C25H13Cl3F3N3O5S. The van der Waals surface area contributed by atoms with Gasteiger partial charge in [-0.15, -0.1) is 11.3 Å². The van der Waals surface area contributed by atoms with Crippen molar-refractivity contribution >= 4 is 73.9 Å². The predicted octanol–water partition coefficient (Wildman–Crippen LogP) is 8.06. The van der Waals surface area contributed by atoms with Crippen molar-refractivity contribution < 1.29 is 36.3 Å². The molecule has 206 valence electrons. The Morgan fingerprint density at radius 1 is 1.10 bits per heavy atom. The number of hydrogen-bond acceptors (Lipinski definition) is 7. The van der Waals surface area contributed by atoms with Crippen molar-refractivity contribution in [2.24, 2.45) is 5.73 Å². The normalized spacial score (nSPS) is 11.7. The first-order valence-electron chi connectivity index (χ1n) is 11.0. The van der Waals surface area contributed by atoms with Gasteiger partial charge in [-0.2, -0.15) is 13.2 Å². The fraction of sp³-hybridized carbons (Fsp3) is 0.0800. The number of carbonyl (C=O) groups excluding carboxylic acids is 2. The second-order valence-corrected chi connectivity index (χ2v) is 10.3. The minimum Gasteiger partial charge on any atom is -0.483 e. The van der Waals surface area contributed by atoms with Gasteiger partial charge in [0.25, 0.3) is 11.8 Å². The van der Waals surface area contributed by atoms with Gasteiger partial charge >= 0.3 is 6.18 Å². The molecule has 2 amide bonds. The van der Waals surface area contributed by atoms with Crippen LogP contribution < -0.4 is 15.8 Å². The van der Waals surface area contributed by atoms with Crippen LogP contribution in [-0.4, -0.2) is 16.8 Å². The highest BCUT2D eigenvalue weighted by atomic mass is 35.5. The molecule has 1 aromatic carbocycles. The number of pyridine rings is 1. The van der Waals surface area contributed by atoms with E-state index < -0.39 is 23.7 Å². The topological polar surface area (TPSA) is 121 Å². The first kappa shape index (κ1) is 27.8. The highest BCUT2D eigenvalue weighted by Gasteiger charge is 2.35. The van der Waals surface area contributed by atoms with Crippen LogP contribution in [0.5, 0.6) is 5.75 Å². The van der Waals surface area contributed by atoms with Crippen LogP contribution in [0, 0.1) is 0 Å². The number of nitrogens with one attached hydrogen (secondary N) is 1. The van der Waals surface area contributed by atoms with E-state index >= 15 is 0 Å². The number of rotatable bonds is 7. The average Bonchev–Trinajstić information content (AvgIpc) is 3.63. The van der Waals surface area contributed by atoms with Gasteiger partial charge in [-0.1, -0.05) is 34.8 Å². The van der Waals surface area contributed by atoms with E-state index in [0.29, 0.717) is 16.4 Å².